The van der Waals surface area contributed by atoms with Crippen molar-refractivity contribution < 1.29 is 9.90 Å². The lowest BCUT2D eigenvalue weighted by molar-refractivity contribution is -0.142. The second-order valence-corrected chi connectivity index (χ2v) is 6.91. The Morgan fingerprint density at radius 1 is 1.32 bits per heavy atom. The number of hydrogen-bond acceptors (Lipinski definition) is 4. The molecular formula is C17H22N2O2S. The van der Waals surface area contributed by atoms with Gasteiger partial charge in [-0.1, -0.05) is 44.2 Å². The van der Waals surface area contributed by atoms with E-state index in [-0.39, 0.29) is 5.92 Å². The fourth-order valence-electron chi connectivity index (χ4n) is 2.31. The summed E-state index contributed by atoms with van der Waals surface area (Å²) in [7, 11) is 0. The molecule has 22 heavy (non-hydrogen) atoms. The molecule has 0 aliphatic rings. The first-order valence-electron chi connectivity index (χ1n) is 7.50. The van der Waals surface area contributed by atoms with Crippen LogP contribution in [0.15, 0.2) is 36.5 Å². The average molecular weight is 318 g/mol. The highest BCUT2D eigenvalue weighted by Gasteiger charge is 2.18. The van der Waals surface area contributed by atoms with Crippen molar-refractivity contribution in [2.75, 3.05) is 6.54 Å². The van der Waals surface area contributed by atoms with Crippen LogP contribution >= 0.6 is 11.3 Å². The van der Waals surface area contributed by atoms with E-state index >= 15 is 0 Å². The van der Waals surface area contributed by atoms with Crippen LogP contribution in [0.25, 0.3) is 10.6 Å². The van der Waals surface area contributed by atoms with Crippen LogP contribution in [0, 0.1) is 11.8 Å². The molecule has 0 aliphatic heterocycles. The number of hydrogen-bond donors (Lipinski definition) is 2. The van der Waals surface area contributed by atoms with Gasteiger partial charge in [-0.15, -0.1) is 11.3 Å². The van der Waals surface area contributed by atoms with E-state index in [1.165, 1.54) is 0 Å². The van der Waals surface area contributed by atoms with Crippen LogP contribution in [-0.2, 0) is 11.3 Å². The van der Waals surface area contributed by atoms with Gasteiger partial charge in [0.2, 0.25) is 0 Å². The number of benzene rings is 1. The smallest absolute Gasteiger partial charge is 0.307 e. The molecule has 0 spiro atoms. The first-order valence-corrected chi connectivity index (χ1v) is 8.31. The number of nitrogens with one attached hydrogen (secondary N) is 1. The third-order valence-electron chi connectivity index (χ3n) is 3.37. The molecule has 0 radical (unpaired) electrons. The molecule has 1 aromatic heterocycles. The zero-order valence-electron chi connectivity index (χ0n) is 13.0. The Kier molecular flexibility index (Phi) is 6.10. The number of carboxylic acids is 1. The summed E-state index contributed by atoms with van der Waals surface area (Å²) < 4.78 is 0. The minimum Gasteiger partial charge on any atom is -0.481 e. The number of aliphatic carboxylic acids is 1. The monoisotopic (exact) mass is 318 g/mol. The van der Waals surface area contributed by atoms with Crippen molar-refractivity contribution in [1.29, 1.82) is 0 Å². The van der Waals surface area contributed by atoms with Crippen molar-refractivity contribution in [2.45, 2.75) is 26.8 Å². The molecule has 5 heteroatoms. The van der Waals surface area contributed by atoms with Crippen LogP contribution in [0.5, 0.6) is 0 Å². The quantitative estimate of drug-likeness (QED) is 0.780. The van der Waals surface area contributed by atoms with E-state index in [2.05, 4.69) is 10.3 Å². The molecular weight excluding hydrogens is 296 g/mol. The van der Waals surface area contributed by atoms with Crippen LogP contribution in [0.1, 0.15) is 25.1 Å². The molecule has 118 valence electrons. The van der Waals surface area contributed by atoms with Gasteiger partial charge in [0.15, 0.2) is 0 Å². The van der Waals surface area contributed by atoms with Gasteiger partial charge in [0.1, 0.15) is 5.01 Å². The molecule has 1 atom stereocenters. The Balaban J connectivity index is 1.87. The lowest BCUT2D eigenvalue weighted by atomic mass is 9.97. The minimum absolute atomic E-state index is 0.332. The second kappa shape index (κ2) is 8.06. The van der Waals surface area contributed by atoms with E-state index in [0.29, 0.717) is 25.4 Å². The Labute approximate surface area is 135 Å². The van der Waals surface area contributed by atoms with Crippen molar-refractivity contribution in [3.63, 3.8) is 0 Å². The molecule has 1 aromatic carbocycles. The zero-order valence-corrected chi connectivity index (χ0v) is 13.8. The van der Waals surface area contributed by atoms with Crippen molar-refractivity contribution in [3.05, 3.63) is 41.4 Å². The summed E-state index contributed by atoms with van der Waals surface area (Å²) in [6, 6.07) is 10.1. The van der Waals surface area contributed by atoms with Crippen LogP contribution in [0.2, 0.25) is 0 Å². The first kappa shape index (κ1) is 16.6. The standard InChI is InChI=1S/C17H22N2O2S/c1-12(2)8-14(17(20)21)9-18-10-15-11-19-16(22-15)13-6-4-3-5-7-13/h3-7,11-12,14,18H,8-10H2,1-2H3,(H,20,21). The summed E-state index contributed by atoms with van der Waals surface area (Å²) in [6.45, 7) is 5.25. The minimum atomic E-state index is -0.726. The zero-order chi connectivity index (χ0) is 15.9. The van der Waals surface area contributed by atoms with E-state index in [9.17, 15) is 9.90 Å². The van der Waals surface area contributed by atoms with Gasteiger partial charge in [0.05, 0.1) is 5.92 Å². The first-order chi connectivity index (χ1) is 10.6. The highest BCUT2D eigenvalue weighted by molar-refractivity contribution is 7.15. The highest BCUT2D eigenvalue weighted by atomic mass is 32.1. The van der Waals surface area contributed by atoms with Crippen LogP contribution in [0.4, 0.5) is 0 Å². The molecule has 2 rings (SSSR count). The van der Waals surface area contributed by atoms with Gasteiger partial charge >= 0.3 is 5.97 Å². The van der Waals surface area contributed by atoms with Gasteiger partial charge in [-0.05, 0) is 12.3 Å². The van der Waals surface area contributed by atoms with Crippen LogP contribution in [-0.4, -0.2) is 22.6 Å². The van der Waals surface area contributed by atoms with Gasteiger partial charge in [-0.3, -0.25) is 4.79 Å². The summed E-state index contributed by atoms with van der Waals surface area (Å²) in [4.78, 5) is 16.8. The van der Waals surface area contributed by atoms with Gasteiger partial charge in [0, 0.05) is 29.7 Å². The summed E-state index contributed by atoms with van der Waals surface area (Å²) in [5.41, 5.74) is 1.11. The van der Waals surface area contributed by atoms with Crippen molar-refractivity contribution in [1.82, 2.24) is 10.3 Å². The van der Waals surface area contributed by atoms with Gasteiger partial charge < -0.3 is 10.4 Å². The largest absolute Gasteiger partial charge is 0.481 e. The molecule has 0 saturated carbocycles. The SMILES string of the molecule is CC(C)CC(CNCc1cnc(-c2ccccc2)s1)C(=O)O. The van der Waals surface area contributed by atoms with Gasteiger partial charge in [0.25, 0.3) is 0 Å². The van der Waals surface area contributed by atoms with E-state index in [4.69, 9.17) is 0 Å². The third kappa shape index (κ3) is 4.93. The average Bonchev–Trinajstić information content (AvgIpc) is 2.95. The molecule has 2 N–H and O–H groups in total. The number of thiazole rings is 1. The van der Waals surface area contributed by atoms with Crippen LogP contribution < -0.4 is 5.32 Å². The molecule has 0 bridgehead atoms. The number of nitrogens with zero attached hydrogens (tertiary/aromatic N) is 1. The van der Waals surface area contributed by atoms with Crippen molar-refractivity contribution in [3.8, 4) is 10.6 Å². The maximum atomic E-state index is 11.2. The highest BCUT2D eigenvalue weighted by Crippen LogP contribution is 2.24. The van der Waals surface area contributed by atoms with Crippen molar-refractivity contribution in [2.24, 2.45) is 11.8 Å². The molecule has 0 amide bonds. The van der Waals surface area contributed by atoms with E-state index < -0.39 is 5.97 Å². The van der Waals surface area contributed by atoms with E-state index in [0.717, 1.165) is 15.4 Å². The summed E-state index contributed by atoms with van der Waals surface area (Å²) in [6.07, 6.45) is 2.55. The molecule has 1 heterocycles. The fourth-order valence-corrected chi connectivity index (χ4v) is 3.20. The van der Waals surface area contributed by atoms with Crippen molar-refractivity contribution >= 4 is 17.3 Å². The number of rotatable bonds is 8. The Morgan fingerprint density at radius 2 is 2.05 bits per heavy atom. The summed E-state index contributed by atoms with van der Waals surface area (Å²) in [5, 5.41) is 13.5. The lowest BCUT2D eigenvalue weighted by Gasteiger charge is -2.14. The van der Waals surface area contributed by atoms with Gasteiger partial charge in [-0.25, -0.2) is 4.98 Å². The molecule has 1 unspecified atom stereocenters. The van der Waals surface area contributed by atoms with E-state index in [1.54, 1.807) is 11.3 Å². The lowest BCUT2D eigenvalue weighted by Crippen LogP contribution is -2.29. The predicted octanol–water partition coefficient (Wildman–Crippen LogP) is 3.65. The summed E-state index contributed by atoms with van der Waals surface area (Å²) in [5.74, 6) is -0.673. The molecule has 0 saturated heterocycles. The number of carboxylic acid groups (broad SMARTS) is 1. The molecule has 2 aromatic rings. The third-order valence-corrected chi connectivity index (χ3v) is 4.42. The Hall–Kier alpha value is -1.72. The Bertz CT molecular complexity index is 596. The molecule has 0 aliphatic carbocycles. The Morgan fingerprint density at radius 3 is 2.68 bits per heavy atom. The fraction of sp³-hybridized carbons (Fsp3) is 0.412. The molecule has 4 nitrogen and oxygen atoms in total. The molecule has 0 fully saturated rings. The normalized spacial score (nSPS) is 12.5. The number of aromatic nitrogens is 1. The predicted molar refractivity (Wildman–Crippen MR) is 89.8 cm³/mol. The van der Waals surface area contributed by atoms with Gasteiger partial charge in [-0.2, -0.15) is 0 Å². The summed E-state index contributed by atoms with van der Waals surface area (Å²) >= 11 is 1.64. The number of carbonyl (C=O) groups is 1. The van der Waals surface area contributed by atoms with E-state index in [1.807, 2.05) is 50.4 Å². The maximum Gasteiger partial charge on any atom is 0.307 e. The topological polar surface area (TPSA) is 62.2 Å². The van der Waals surface area contributed by atoms with Crippen LogP contribution in [0.3, 0.4) is 0 Å². The second-order valence-electron chi connectivity index (χ2n) is 5.79. The maximum absolute atomic E-state index is 11.2.